The third-order valence-electron chi connectivity index (χ3n) is 7.47. The molecule has 4 heterocycles. The van der Waals surface area contributed by atoms with Crippen LogP contribution < -0.4 is 15.7 Å². The number of carbonyl (C=O) groups is 1. The van der Waals surface area contributed by atoms with E-state index >= 15 is 0 Å². The minimum atomic E-state index is -0.474. The molecule has 8 nitrogen and oxygen atoms in total. The highest BCUT2D eigenvalue weighted by Gasteiger charge is 2.52. The lowest BCUT2D eigenvalue weighted by molar-refractivity contribution is -0.126. The van der Waals surface area contributed by atoms with Crippen LogP contribution in [0, 0.1) is 24.7 Å². The van der Waals surface area contributed by atoms with Gasteiger partial charge >= 0.3 is 7.12 Å². The molecule has 0 saturated carbocycles. The molecule has 2 fully saturated rings. The highest BCUT2D eigenvalue weighted by Crippen LogP contribution is 2.37. The quantitative estimate of drug-likeness (QED) is 0.442. The zero-order valence-corrected chi connectivity index (χ0v) is 21.7. The third kappa shape index (κ3) is 4.36. The second-order valence-electron chi connectivity index (χ2n) is 10.6. The van der Waals surface area contributed by atoms with Gasteiger partial charge in [-0.15, -0.1) is 5.92 Å². The van der Waals surface area contributed by atoms with Crippen molar-refractivity contribution in [1.29, 1.82) is 0 Å². The summed E-state index contributed by atoms with van der Waals surface area (Å²) in [5, 5.41) is 7.49. The molecular weight excluding hydrogens is 453 g/mol. The molecule has 5 rings (SSSR count). The van der Waals surface area contributed by atoms with E-state index < -0.39 is 18.3 Å². The van der Waals surface area contributed by atoms with Crippen molar-refractivity contribution in [3.8, 4) is 11.8 Å². The minimum absolute atomic E-state index is 0.00191. The lowest BCUT2D eigenvalue weighted by Gasteiger charge is -2.39. The van der Waals surface area contributed by atoms with E-state index in [1.165, 1.54) is 11.9 Å². The van der Waals surface area contributed by atoms with Crippen molar-refractivity contribution in [2.24, 2.45) is 5.92 Å². The predicted octanol–water partition coefficient (Wildman–Crippen LogP) is 2.65. The molecule has 1 N–H and O–H groups in total. The first-order chi connectivity index (χ1) is 17.1. The fourth-order valence-corrected chi connectivity index (χ4v) is 4.47. The van der Waals surface area contributed by atoms with E-state index in [9.17, 15) is 4.79 Å². The van der Waals surface area contributed by atoms with Crippen LogP contribution in [0.1, 0.15) is 51.8 Å². The second kappa shape index (κ2) is 8.95. The maximum absolute atomic E-state index is 13.0. The van der Waals surface area contributed by atoms with Crippen molar-refractivity contribution in [2.45, 2.75) is 58.8 Å². The number of anilines is 1. The molecule has 1 aromatic carbocycles. The molecule has 1 atom stereocenters. The Morgan fingerprint density at radius 2 is 1.83 bits per heavy atom. The van der Waals surface area contributed by atoms with Gasteiger partial charge in [0.15, 0.2) is 5.82 Å². The van der Waals surface area contributed by atoms with Gasteiger partial charge in [-0.05, 0) is 53.2 Å². The highest BCUT2D eigenvalue weighted by atomic mass is 16.7. The SMILES string of the molecule is CC#CC(NC(=O)C1CN(c2ncnn3cc(B4OC(C)(C)C(C)(C)O4)cc23)C1)c1ccc(C)cc1. The molecule has 0 aliphatic carbocycles. The molecule has 36 heavy (non-hydrogen) atoms. The standard InChI is InChI=1S/C27H32BN5O3/c1-7-8-22(19-11-9-18(2)10-12-19)31-25(34)20-14-32(15-20)24-23-13-21(16-33(23)30-17-29-24)28-35-26(3,4)27(5,6)36-28/h9-13,16-17,20,22H,14-15H2,1-6H3,(H,31,34). The van der Waals surface area contributed by atoms with Crippen LogP contribution in [0.25, 0.3) is 5.52 Å². The van der Waals surface area contributed by atoms with Gasteiger partial charge in [-0.25, -0.2) is 9.50 Å². The van der Waals surface area contributed by atoms with Crippen LogP contribution in [0.2, 0.25) is 0 Å². The van der Waals surface area contributed by atoms with Crippen LogP contribution in [0.3, 0.4) is 0 Å². The van der Waals surface area contributed by atoms with Crippen molar-refractivity contribution < 1.29 is 14.1 Å². The molecule has 2 saturated heterocycles. The first kappa shape index (κ1) is 24.4. The number of nitrogens with one attached hydrogen (secondary N) is 1. The maximum atomic E-state index is 13.0. The maximum Gasteiger partial charge on any atom is 0.496 e. The Bertz CT molecular complexity index is 1330. The van der Waals surface area contributed by atoms with Crippen molar-refractivity contribution in [3.63, 3.8) is 0 Å². The van der Waals surface area contributed by atoms with Crippen LogP contribution in [0.4, 0.5) is 5.82 Å². The van der Waals surface area contributed by atoms with Gasteiger partial charge in [0.05, 0.1) is 17.1 Å². The molecule has 1 unspecified atom stereocenters. The van der Waals surface area contributed by atoms with Crippen LogP contribution in [-0.2, 0) is 14.1 Å². The Balaban J connectivity index is 1.28. The Morgan fingerprint density at radius 1 is 1.17 bits per heavy atom. The van der Waals surface area contributed by atoms with Crippen molar-refractivity contribution in [1.82, 2.24) is 19.9 Å². The Hall–Kier alpha value is -3.35. The molecule has 186 valence electrons. The smallest absolute Gasteiger partial charge is 0.399 e. The largest absolute Gasteiger partial charge is 0.496 e. The van der Waals surface area contributed by atoms with Gasteiger partial charge in [-0.3, -0.25) is 4.79 Å². The van der Waals surface area contributed by atoms with Gasteiger partial charge in [0.2, 0.25) is 5.91 Å². The number of hydrogen-bond donors (Lipinski definition) is 1. The summed E-state index contributed by atoms with van der Waals surface area (Å²) < 4.78 is 14.2. The lowest BCUT2D eigenvalue weighted by atomic mass is 9.81. The summed E-state index contributed by atoms with van der Waals surface area (Å²) in [5.41, 5.74) is 3.07. The van der Waals surface area contributed by atoms with Crippen LogP contribution >= 0.6 is 0 Å². The second-order valence-corrected chi connectivity index (χ2v) is 10.6. The van der Waals surface area contributed by atoms with E-state index in [1.54, 1.807) is 11.4 Å². The van der Waals surface area contributed by atoms with E-state index in [4.69, 9.17) is 9.31 Å². The molecule has 2 aromatic heterocycles. The number of benzene rings is 1. The average molecular weight is 485 g/mol. The molecule has 2 aliphatic heterocycles. The molecule has 3 aromatic rings. The highest BCUT2D eigenvalue weighted by molar-refractivity contribution is 6.62. The lowest BCUT2D eigenvalue weighted by Crippen LogP contribution is -2.54. The first-order valence-corrected chi connectivity index (χ1v) is 12.3. The van der Waals surface area contributed by atoms with E-state index in [0.717, 1.165) is 22.4 Å². The van der Waals surface area contributed by atoms with Crippen molar-refractivity contribution >= 4 is 29.8 Å². The molecule has 0 spiro atoms. The zero-order chi connectivity index (χ0) is 25.7. The van der Waals surface area contributed by atoms with Gasteiger partial charge in [0.1, 0.15) is 17.9 Å². The Morgan fingerprint density at radius 3 is 2.47 bits per heavy atom. The van der Waals surface area contributed by atoms with E-state index in [1.807, 2.05) is 71.1 Å². The molecule has 0 bridgehead atoms. The normalized spacial score (nSPS) is 19.5. The minimum Gasteiger partial charge on any atom is -0.399 e. The number of hydrogen-bond acceptors (Lipinski definition) is 6. The summed E-state index contributed by atoms with van der Waals surface area (Å²) in [6, 6.07) is 9.78. The van der Waals surface area contributed by atoms with E-state index in [0.29, 0.717) is 13.1 Å². The summed E-state index contributed by atoms with van der Waals surface area (Å²) >= 11 is 0. The van der Waals surface area contributed by atoms with Crippen LogP contribution in [-0.4, -0.2) is 51.9 Å². The average Bonchev–Trinajstić information content (AvgIpc) is 3.31. The summed E-state index contributed by atoms with van der Waals surface area (Å²) in [6.45, 7) is 13.1. The summed E-state index contributed by atoms with van der Waals surface area (Å²) in [7, 11) is -0.474. The molecule has 9 heteroatoms. The molecule has 0 radical (unpaired) electrons. The summed E-state index contributed by atoms with van der Waals surface area (Å²) in [6.07, 6.45) is 3.45. The predicted molar refractivity (Wildman–Crippen MR) is 140 cm³/mol. The Labute approximate surface area is 212 Å². The monoisotopic (exact) mass is 485 g/mol. The van der Waals surface area contributed by atoms with Crippen LogP contribution in [0.5, 0.6) is 0 Å². The fourth-order valence-electron chi connectivity index (χ4n) is 4.47. The summed E-state index contributed by atoms with van der Waals surface area (Å²) in [5.74, 6) is 6.71. The Kier molecular flexibility index (Phi) is 6.05. The van der Waals surface area contributed by atoms with E-state index in [-0.39, 0.29) is 17.9 Å². The number of amides is 1. The van der Waals surface area contributed by atoms with Gasteiger partial charge in [-0.2, -0.15) is 5.10 Å². The number of aryl methyl sites for hydroxylation is 1. The zero-order valence-electron chi connectivity index (χ0n) is 21.7. The topological polar surface area (TPSA) is 81.0 Å². The van der Waals surface area contributed by atoms with Gasteiger partial charge in [0, 0.05) is 24.7 Å². The summed E-state index contributed by atoms with van der Waals surface area (Å²) in [4.78, 5) is 19.6. The number of aromatic nitrogens is 3. The number of fused-ring (bicyclic) bond motifs is 1. The first-order valence-electron chi connectivity index (χ1n) is 12.3. The fraction of sp³-hybridized carbons (Fsp3) is 0.444. The molecular formula is C27H32BN5O3. The van der Waals surface area contributed by atoms with Crippen LogP contribution in [0.15, 0.2) is 42.9 Å². The molecule has 1 amide bonds. The molecule has 2 aliphatic rings. The van der Waals surface area contributed by atoms with Gasteiger partial charge in [-0.1, -0.05) is 35.7 Å². The van der Waals surface area contributed by atoms with Gasteiger partial charge < -0.3 is 19.5 Å². The van der Waals surface area contributed by atoms with E-state index in [2.05, 4.69) is 32.1 Å². The number of carbonyl (C=O) groups excluding carboxylic acids is 1. The third-order valence-corrected chi connectivity index (χ3v) is 7.47. The van der Waals surface area contributed by atoms with Gasteiger partial charge in [0.25, 0.3) is 0 Å². The van der Waals surface area contributed by atoms with Crippen molar-refractivity contribution in [2.75, 3.05) is 18.0 Å². The number of nitrogens with zero attached hydrogens (tertiary/aromatic N) is 4. The number of rotatable bonds is 5. The van der Waals surface area contributed by atoms with Crippen molar-refractivity contribution in [3.05, 3.63) is 54.0 Å².